The number of carbonyl (C=O) groups excluding carboxylic acids is 1. The van der Waals surface area contributed by atoms with Gasteiger partial charge < -0.3 is 9.30 Å². The molecule has 1 saturated heterocycles. The summed E-state index contributed by atoms with van der Waals surface area (Å²) in [4.78, 5) is 13.8. The number of ether oxygens (including phenoxy) is 1. The lowest BCUT2D eigenvalue weighted by atomic mass is 10.0. The molecule has 0 spiro atoms. The van der Waals surface area contributed by atoms with E-state index in [-0.39, 0.29) is 5.97 Å². The first-order valence-corrected chi connectivity index (χ1v) is 9.88. The van der Waals surface area contributed by atoms with Crippen molar-refractivity contribution >= 4 is 22.9 Å². The van der Waals surface area contributed by atoms with Crippen molar-refractivity contribution in [2.75, 3.05) is 20.2 Å². The molecule has 0 radical (unpaired) electrons. The van der Waals surface area contributed by atoms with Crippen molar-refractivity contribution in [3.8, 4) is 0 Å². The van der Waals surface area contributed by atoms with Crippen molar-refractivity contribution in [1.82, 2.24) is 9.47 Å². The van der Waals surface area contributed by atoms with E-state index in [0.717, 1.165) is 25.2 Å². The molecule has 0 bridgehead atoms. The first kappa shape index (κ1) is 18.5. The molecule has 28 heavy (non-hydrogen) atoms. The largest absolute Gasteiger partial charge is 0.466 e. The molecule has 4 nitrogen and oxygen atoms in total. The highest BCUT2D eigenvalue weighted by Gasteiger charge is 2.25. The van der Waals surface area contributed by atoms with Gasteiger partial charge >= 0.3 is 5.97 Å². The standard InChI is InChI=1S/C24H26N2O2/c1-28-24(27)13-10-19-8-11-21(12-9-19)23-7-4-15-25(23)17-18-26-16-14-20-5-2-3-6-22(20)26/h2-3,5-6,8-14,16,23H,4,7,15,17-18H2,1H3/b13-10+/t23-/m0/s1. The van der Waals surface area contributed by atoms with Crippen LogP contribution < -0.4 is 0 Å². The van der Waals surface area contributed by atoms with E-state index in [9.17, 15) is 4.79 Å². The second-order valence-electron chi connectivity index (χ2n) is 7.29. The van der Waals surface area contributed by atoms with Gasteiger partial charge in [0.15, 0.2) is 0 Å². The van der Waals surface area contributed by atoms with Crippen LogP contribution in [0.5, 0.6) is 0 Å². The lowest BCUT2D eigenvalue weighted by Crippen LogP contribution is -2.27. The molecule has 1 atom stereocenters. The van der Waals surface area contributed by atoms with Gasteiger partial charge in [0.1, 0.15) is 0 Å². The summed E-state index contributed by atoms with van der Waals surface area (Å²) in [6.45, 7) is 3.20. The van der Waals surface area contributed by atoms with E-state index >= 15 is 0 Å². The topological polar surface area (TPSA) is 34.5 Å². The molecule has 0 saturated carbocycles. The Labute approximate surface area is 166 Å². The van der Waals surface area contributed by atoms with E-state index < -0.39 is 0 Å². The maximum atomic E-state index is 11.2. The minimum absolute atomic E-state index is 0.330. The predicted octanol–water partition coefficient (Wildman–Crippen LogP) is 4.66. The molecule has 1 aliphatic heterocycles. The van der Waals surface area contributed by atoms with Crippen LogP contribution in [0.4, 0.5) is 0 Å². The monoisotopic (exact) mass is 374 g/mol. The zero-order valence-electron chi connectivity index (χ0n) is 16.3. The van der Waals surface area contributed by atoms with Gasteiger partial charge in [0.25, 0.3) is 0 Å². The van der Waals surface area contributed by atoms with Gasteiger partial charge in [-0.25, -0.2) is 4.79 Å². The number of hydrogen-bond donors (Lipinski definition) is 0. The molecule has 1 aromatic heterocycles. The highest BCUT2D eigenvalue weighted by atomic mass is 16.5. The zero-order valence-corrected chi connectivity index (χ0v) is 16.3. The number of hydrogen-bond acceptors (Lipinski definition) is 3. The quantitative estimate of drug-likeness (QED) is 0.465. The number of likely N-dealkylation sites (tertiary alicyclic amines) is 1. The Hall–Kier alpha value is -2.85. The lowest BCUT2D eigenvalue weighted by molar-refractivity contribution is -0.134. The molecule has 2 heterocycles. The summed E-state index contributed by atoms with van der Waals surface area (Å²) in [6.07, 6.45) is 7.88. The van der Waals surface area contributed by atoms with Crippen LogP contribution in [0.1, 0.15) is 30.0 Å². The van der Waals surface area contributed by atoms with Crippen LogP contribution >= 0.6 is 0 Å². The molecule has 1 fully saturated rings. The number of rotatable bonds is 6. The van der Waals surface area contributed by atoms with Gasteiger partial charge in [-0.2, -0.15) is 0 Å². The minimum atomic E-state index is -0.330. The van der Waals surface area contributed by atoms with Crippen molar-refractivity contribution in [2.45, 2.75) is 25.4 Å². The highest BCUT2D eigenvalue weighted by Crippen LogP contribution is 2.32. The van der Waals surface area contributed by atoms with Gasteiger partial charge in [-0.05, 0) is 54.1 Å². The van der Waals surface area contributed by atoms with E-state index in [4.69, 9.17) is 0 Å². The van der Waals surface area contributed by atoms with Gasteiger partial charge in [-0.1, -0.05) is 42.5 Å². The maximum absolute atomic E-state index is 11.2. The van der Waals surface area contributed by atoms with E-state index in [1.165, 1.54) is 42.5 Å². The van der Waals surface area contributed by atoms with Crippen LogP contribution in [0.25, 0.3) is 17.0 Å². The third-order valence-electron chi connectivity index (χ3n) is 5.61. The van der Waals surface area contributed by atoms with Gasteiger partial charge in [0.2, 0.25) is 0 Å². The summed E-state index contributed by atoms with van der Waals surface area (Å²) in [5.41, 5.74) is 3.67. The van der Waals surface area contributed by atoms with Gasteiger partial charge in [0.05, 0.1) is 7.11 Å². The molecule has 0 aliphatic carbocycles. The Morgan fingerprint density at radius 2 is 1.93 bits per heavy atom. The first-order valence-electron chi connectivity index (χ1n) is 9.88. The molecule has 4 heteroatoms. The Morgan fingerprint density at radius 1 is 1.11 bits per heavy atom. The van der Waals surface area contributed by atoms with Crippen LogP contribution in [-0.2, 0) is 16.1 Å². The second-order valence-corrected chi connectivity index (χ2v) is 7.29. The fourth-order valence-corrected chi connectivity index (χ4v) is 4.10. The third-order valence-corrected chi connectivity index (χ3v) is 5.61. The van der Waals surface area contributed by atoms with Crippen LogP contribution in [0, 0.1) is 0 Å². The second kappa shape index (κ2) is 8.44. The Morgan fingerprint density at radius 3 is 2.75 bits per heavy atom. The predicted molar refractivity (Wildman–Crippen MR) is 113 cm³/mol. The third kappa shape index (κ3) is 4.02. The molecule has 0 unspecified atom stereocenters. The van der Waals surface area contributed by atoms with Gasteiger partial charge in [-0.3, -0.25) is 4.90 Å². The number of para-hydroxylation sites is 1. The Kier molecular flexibility index (Phi) is 5.58. The summed E-state index contributed by atoms with van der Waals surface area (Å²) in [5, 5.41) is 1.30. The van der Waals surface area contributed by atoms with E-state index in [1.54, 1.807) is 6.08 Å². The maximum Gasteiger partial charge on any atom is 0.330 e. The van der Waals surface area contributed by atoms with Crippen LogP contribution in [0.2, 0.25) is 0 Å². The normalized spacial score (nSPS) is 17.5. The first-order chi connectivity index (χ1) is 13.7. The van der Waals surface area contributed by atoms with Crippen LogP contribution in [-0.4, -0.2) is 35.6 Å². The molecular formula is C24H26N2O2. The van der Waals surface area contributed by atoms with E-state index in [0.29, 0.717) is 6.04 Å². The van der Waals surface area contributed by atoms with E-state index in [2.05, 4.69) is 75.0 Å². The van der Waals surface area contributed by atoms with Crippen LogP contribution in [0.3, 0.4) is 0 Å². The fraction of sp³-hybridized carbons (Fsp3) is 0.292. The molecule has 3 aromatic rings. The fourth-order valence-electron chi connectivity index (χ4n) is 4.10. The smallest absolute Gasteiger partial charge is 0.330 e. The Balaban J connectivity index is 1.42. The molecule has 2 aromatic carbocycles. The van der Waals surface area contributed by atoms with Gasteiger partial charge in [0, 0.05) is 36.9 Å². The molecule has 0 amide bonds. The molecule has 144 valence electrons. The van der Waals surface area contributed by atoms with E-state index in [1.807, 2.05) is 0 Å². The molecule has 4 rings (SSSR count). The summed E-state index contributed by atoms with van der Waals surface area (Å²) >= 11 is 0. The number of esters is 1. The SMILES string of the molecule is COC(=O)/C=C/c1ccc([C@@H]2CCCN2CCn2ccc3ccccc32)cc1. The highest BCUT2D eigenvalue weighted by molar-refractivity contribution is 5.86. The number of nitrogens with zero attached hydrogens (tertiary/aromatic N) is 2. The number of benzene rings is 2. The van der Waals surface area contributed by atoms with Crippen molar-refractivity contribution in [1.29, 1.82) is 0 Å². The number of carbonyl (C=O) groups is 1. The van der Waals surface area contributed by atoms with Gasteiger partial charge in [-0.15, -0.1) is 0 Å². The molecule has 0 N–H and O–H groups in total. The van der Waals surface area contributed by atoms with Crippen molar-refractivity contribution in [3.05, 3.63) is 78.0 Å². The molecule has 1 aliphatic rings. The average molecular weight is 374 g/mol. The summed E-state index contributed by atoms with van der Waals surface area (Å²) in [6, 6.07) is 19.7. The Bertz CT molecular complexity index is 972. The molecular weight excluding hydrogens is 348 g/mol. The van der Waals surface area contributed by atoms with Crippen molar-refractivity contribution < 1.29 is 9.53 Å². The average Bonchev–Trinajstić information content (AvgIpc) is 3.37. The number of aromatic nitrogens is 1. The van der Waals surface area contributed by atoms with Crippen molar-refractivity contribution in [3.63, 3.8) is 0 Å². The number of fused-ring (bicyclic) bond motifs is 1. The summed E-state index contributed by atoms with van der Waals surface area (Å²) < 4.78 is 6.99. The van der Waals surface area contributed by atoms with Crippen LogP contribution in [0.15, 0.2) is 66.9 Å². The van der Waals surface area contributed by atoms with Crippen molar-refractivity contribution in [2.24, 2.45) is 0 Å². The summed E-state index contributed by atoms with van der Waals surface area (Å²) in [5.74, 6) is -0.330. The number of methoxy groups -OCH3 is 1. The zero-order chi connectivity index (χ0) is 19.3. The minimum Gasteiger partial charge on any atom is -0.466 e. The lowest BCUT2D eigenvalue weighted by Gasteiger charge is -2.25. The summed E-state index contributed by atoms with van der Waals surface area (Å²) in [7, 11) is 1.39.